The van der Waals surface area contributed by atoms with Crippen molar-refractivity contribution in [1.82, 2.24) is 0 Å². The molecule has 0 bridgehead atoms. The van der Waals surface area contributed by atoms with Gasteiger partial charge in [-0.1, -0.05) is 20.8 Å². The zero-order valence-corrected chi connectivity index (χ0v) is 10.5. The van der Waals surface area contributed by atoms with E-state index in [1.807, 2.05) is 13.8 Å². The minimum atomic E-state index is -0.699. The van der Waals surface area contributed by atoms with Gasteiger partial charge in [0.15, 0.2) is 0 Å². The van der Waals surface area contributed by atoms with E-state index in [0.717, 1.165) is 6.07 Å². The predicted molar refractivity (Wildman–Crippen MR) is 68.2 cm³/mol. The third-order valence-corrected chi connectivity index (χ3v) is 2.33. The molecule has 2 rings (SSSR count). The van der Waals surface area contributed by atoms with Gasteiger partial charge in [-0.25, -0.2) is 0 Å². The van der Waals surface area contributed by atoms with Gasteiger partial charge in [0.05, 0.1) is 0 Å². The smallest absolute Gasteiger partial charge is 0.238 e. The van der Waals surface area contributed by atoms with Crippen molar-refractivity contribution in [3.63, 3.8) is 0 Å². The maximum atomic E-state index is 11.7. The highest BCUT2D eigenvalue weighted by atomic mass is 16.4. The van der Waals surface area contributed by atoms with Crippen LogP contribution < -0.4 is 5.43 Å². The van der Waals surface area contributed by atoms with Crippen LogP contribution in [0.4, 0.5) is 0 Å². The molecule has 1 heterocycles. The van der Waals surface area contributed by atoms with E-state index in [0.29, 0.717) is 6.42 Å². The summed E-state index contributed by atoms with van der Waals surface area (Å²) in [5.41, 5.74) is -0.646. The van der Waals surface area contributed by atoms with Gasteiger partial charge in [0.2, 0.25) is 11.2 Å². The largest absolute Gasteiger partial charge is 0.508 e. The molecule has 5 heteroatoms. The number of aromatic hydroxyl groups is 3. The average Bonchev–Trinajstić information content (AvgIpc) is 2.35. The second-order valence-corrected chi connectivity index (χ2v) is 3.39. The molecule has 0 spiro atoms. The van der Waals surface area contributed by atoms with E-state index in [2.05, 4.69) is 0 Å². The maximum absolute atomic E-state index is 11.7. The molecule has 0 atom stereocenters. The van der Waals surface area contributed by atoms with Gasteiger partial charge in [-0.2, -0.15) is 0 Å². The maximum Gasteiger partial charge on any atom is 0.238 e. The Morgan fingerprint density at radius 2 is 1.78 bits per heavy atom. The van der Waals surface area contributed by atoms with Crippen molar-refractivity contribution in [3.8, 4) is 17.2 Å². The number of rotatable bonds is 1. The Bertz CT molecular complexity index is 613. The fraction of sp³-hybridized carbons (Fsp3) is 0.308. The third kappa shape index (κ3) is 2.25. The van der Waals surface area contributed by atoms with Crippen LogP contribution in [-0.2, 0) is 6.42 Å². The molecule has 0 unspecified atom stereocenters. The molecule has 0 saturated heterocycles. The van der Waals surface area contributed by atoms with Gasteiger partial charge in [-0.3, -0.25) is 4.79 Å². The van der Waals surface area contributed by atoms with Gasteiger partial charge in [-0.05, 0) is 0 Å². The molecule has 0 saturated carbocycles. The second-order valence-electron chi connectivity index (χ2n) is 3.39. The quantitative estimate of drug-likeness (QED) is 0.725. The molecule has 0 fully saturated rings. The molecule has 0 aliphatic rings. The van der Waals surface area contributed by atoms with Crippen LogP contribution in [0.15, 0.2) is 21.3 Å². The minimum Gasteiger partial charge on any atom is -0.508 e. The van der Waals surface area contributed by atoms with Crippen molar-refractivity contribution in [2.45, 2.75) is 27.2 Å². The van der Waals surface area contributed by atoms with Crippen molar-refractivity contribution in [3.05, 3.63) is 28.1 Å². The Kier molecular flexibility index (Phi) is 4.20. The molecular formula is C13H16O5. The molecule has 1 aromatic heterocycles. The van der Waals surface area contributed by atoms with E-state index < -0.39 is 16.9 Å². The molecule has 0 aliphatic carbocycles. The summed E-state index contributed by atoms with van der Waals surface area (Å²) in [7, 11) is 0. The molecular weight excluding hydrogens is 236 g/mol. The Labute approximate surface area is 104 Å². The zero-order valence-electron chi connectivity index (χ0n) is 10.5. The highest BCUT2D eigenvalue weighted by Gasteiger charge is 2.15. The molecule has 1 aromatic carbocycles. The molecule has 0 radical (unpaired) electrons. The fourth-order valence-electron chi connectivity index (χ4n) is 1.56. The van der Waals surface area contributed by atoms with Gasteiger partial charge in [-0.15, -0.1) is 0 Å². The molecule has 2 aromatic rings. The Morgan fingerprint density at radius 1 is 1.17 bits per heavy atom. The summed E-state index contributed by atoms with van der Waals surface area (Å²) in [6, 6.07) is 2.24. The first-order chi connectivity index (χ1) is 8.54. The standard InChI is InChI=1S/C11H10O5.C2H6/c1-2-7-10(14)11(15)9-6(13)3-5(12)4-8(9)16-7;1-2/h3-4,12-14H,2H2,1H3;1-2H3. The number of fused-ring (bicyclic) bond motifs is 1. The summed E-state index contributed by atoms with van der Waals surface area (Å²) in [4.78, 5) is 11.7. The first-order valence-corrected chi connectivity index (χ1v) is 5.75. The topological polar surface area (TPSA) is 90.9 Å². The number of aryl methyl sites for hydroxylation is 1. The fourth-order valence-corrected chi connectivity index (χ4v) is 1.56. The molecule has 0 aliphatic heterocycles. The Morgan fingerprint density at radius 3 is 2.33 bits per heavy atom. The van der Waals surface area contributed by atoms with Gasteiger partial charge in [0, 0.05) is 18.6 Å². The lowest BCUT2D eigenvalue weighted by Gasteiger charge is -2.05. The lowest BCUT2D eigenvalue weighted by molar-refractivity contribution is 0.414. The van der Waals surface area contributed by atoms with Crippen LogP contribution in [0.1, 0.15) is 26.5 Å². The minimum absolute atomic E-state index is 0.0529. The summed E-state index contributed by atoms with van der Waals surface area (Å²) in [5.74, 6) is -0.999. The summed E-state index contributed by atoms with van der Waals surface area (Å²) < 4.78 is 5.21. The van der Waals surface area contributed by atoms with Crippen molar-refractivity contribution in [2.75, 3.05) is 0 Å². The van der Waals surface area contributed by atoms with Gasteiger partial charge >= 0.3 is 0 Å². The first kappa shape index (κ1) is 13.9. The number of hydrogen-bond acceptors (Lipinski definition) is 5. The summed E-state index contributed by atoms with van der Waals surface area (Å²) in [6.45, 7) is 5.71. The second kappa shape index (κ2) is 5.44. The van der Waals surface area contributed by atoms with Crippen molar-refractivity contribution >= 4 is 11.0 Å². The van der Waals surface area contributed by atoms with Crippen LogP contribution in [0.5, 0.6) is 17.2 Å². The SMILES string of the molecule is CC.CCc1oc2cc(O)cc(O)c2c(=O)c1O. The van der Waals surface area contributed by atoms with E-state index >= 15 is 0 Å². The Balaban J connectivity index is 0.000000771. The van der Waals surface area contributed by atoms with Crippen LogP contribution in [0.25, 0.3) is 11.0 Å². The third-order valence-electron chi connectivity index (χ3n) is 2.33. The monoisotopic (exact) mass is 252 g/mol. The van der Waals surface area contributed by atoms with Crippen LogP contribution in [0.2, 0.25) is 0 Å². The van der Waals surface area contributed by atoms with Crippen LogP contribution in [-0.4, -0.2) is 15.3 Å². The highest BCUT2D eigenvalue weighted by molar-refractivity contribution is 5.85. The lowest BCUT2D eigenvalue weighted by atomic mass is 10.1. The number of phenolic OH excluding ortho intramolecular Hbond substituents is 2. The molecule has 18 heavy (non-hydrogen) atoms. The number of benzene rings is 1. The zero-order chi connectivity index (χ0) is 13.9. The van der Waals surface area contributed by atoms with E-state index in [1.165, 1.54) is 6.07 Å². The average molecular weight is 252 g/mol. The molecule has 98 valence electrons. The summed E-state index contributed by atoms with van der Waals surface area (Å²) >= 11 is 0. The molecule has 5 nitrogen and oxygen atoms in total. The predicted octanol–water partition coefficient (Wildman–Crippen LogP) is 2.50. The van der Waals surface area contributed by atoms with Crippen LogP contribution >= 0.6 is 0 Å². The van der Waals surface area contributed by atoms with Crippen molar-refractivity contribution in [1.29, 1.82) is 0 Å². The van der Waals surface area contributed by atoms with Crippen LogP contribution in [0.3, 0.4) is 0 Å². The van der Waals surface area contributed by atoms with Crippen LogP contribution in [0, 0.1) is 0 Å². The van der Waals surface area contributed by atoms with Gasteiger partial charge in [0.1, 0.15) is 28.2 Å². The number of hydrogen-bond donors (Lipinski definition) is 3. The van der Waals surface area contributed by atoms with E-state index in [1.54, 1.807) is 6.92 Å². The first-order valence-electron chi connectivity index (χ1n) is 5.75. The van der Waals surface area contributed by atoms with Crippen molar-refractivity contribution < 1.29 is 19.7 Å². The molecule has 0 amide bonds. The number of phenols is 2. The van der Waals surface area contributed by atoms with Crippen molar-refractivity contribution in [2.24, 2.45) is 0 Å². The van der Waals surface area contributed by atoms with Gasteiger partial charge < -0.3 is 19.7 Å². The highest BCUT2D eigenvalue weighted by Crippen LogP contribution is 2.30. The summed E-state index contributed by atoms with van der Waals surface area (Å²) in [6.07, 6.45) is 0.341. The van der Waals surface area contributed by atoms with E-state index in [4.69, 9.17) is 4.42 Å². The van der Waals surface area contributed by atoms with E-state index in [9.17, 15) is 20.1 Å². The molecule has 3 N–H and O–H groups in total. The Hall–Kier alpha value is -2.17. The lowest BCUT2D eigenvalue weighted by Crippen LogP contribution is -2.04. The van der Waals surface area contributed by atoms with E-state index in [-0.39, 0.29) is 22.5 Å². The normalized spacial score (nSPS) is 9.94. The summed E-state index contributed by atoms with van der Waals surface area (Å²) in [5, 5.41) is 28.1. The van der Waals surface area contributed by atoms with Gasteiger partial charge in [0.25, 0.3) is 0 Å².